The van der Waals surface area contributed by atoms with Gasteiger partial charge in [0.05, 0.1) is 5.56 Å². The van der Waals surface area contributed by atoms with Crippen LogP contribution in [0.3, 0.4) is 0 Å². The van der Waals surface area contributed by atoms with Crippen molar-refractivity contribution in [3.63, 3.8) is 0 Å². The Hall–Kier alpha value is -2.35. The Morgan fingerprint density at radius 3 is 2.09 bits per heavy atom. The highest BCUT2D eigenvalue weighted by Crippen LogP contribution is 2.44. The lowest BCUT2D eigenvalue weighted by atomic mass is 9.69. The molecule has 2 fully saturated rings. The van der Waals surface area contributed by atoms with Gasteiger partial charge in [-0.2, -0.15) is 22.8 Å². The van der Waals surface area contributed by atoms with E-state index in [2.05, 4.69) is 6.58 Å². The first kappa shape index (κ1) is 25.3. The Labute approximate surface area is 194 Å². The Bertz CT molecular complexity index is 872. The van der Waals surface area contributed by atoms with E-state index >= 15 is 0 Å². The second kappa shape index (κ2) is 11.7. The molecule has 0 amide bonds. The highest BCUT2D eigenvalue weighted by atomic mass is 19.4. The molecule has 0 radical (unpaired) electrons. The van der Waals surface area contributed by atoms with Crippen molar-refractivity contribution in [3.05, 3.63) is 71.6 Å². The monoisotopic (exact) mass is 459 g/mol. The van der Waals surface area contributed by atoms with Gasteiger partial charge in [0.2, 0.25) is 0 Å². The van der Waals surface area contributed by atoms with E-state index < -0.39 is 17.6 Å². The van der Waals surface area contributed by atoms with Crippen LogP contribution in [0.25, 0.3) is 0 Å². The van der Waals surface area contributed by atoms with E-state index in [1.165, 1.54) is 55.5 Å². The minimum atomic E-state index is -4.28. The number of nitrogens with zero attached hydrogens (tertiary/aromatic N) is 1. The number of alkyl halides is 3. The molecule has 0 saturated heterocycles. The molecule has 5 heteroatoms. The number of benzene rings is 1. The highest BCUT2D eigenvalue weighted by molar-refractivity contribution is 5.28. The van der Waals surface area contributed by atoms with Crippen molar-refractivity contribution in [2.45, 2.75) is 76.3 Å². The van der Waals surface area contributed by atoms with Gasteiger partial charge in [-0.3, -0.25) is 0 Å². The summed E-state index contributed by atoms with van der Waals surface area (Å²) in [6.07, 6.45) is 11.4. The fourth-order valence-corrected chi connectivity index (χ4v) is 5.51. The average Bonchev–Trinajstić information content (AvgIpc) is 2.83. The number of hydrogen-bond donors (Lipinski definition) is 0. The molecule has 2 aliphatic rings. The summed E-state index contributed by atoms with van der Waals surface area (Å²) in [5, 5.41) is 8.39. The zero-order valence-electron chi connectivity index (χ0n) is 19.1. The SMILES string of the molecule is C=C(C1CCC(CCC=CC=C(F)C#N)CC1)C1CCC(c2ccc(C(F)(F)F)cc2)CC1. The molecule has 1 nitrogen and oxygen atoms in total. The first-order chi connectivity index (χ1) is 15.8. The van der Waals surface area contributed by atoms with Gasteiger partial charge in [-0.15, -0.1) is 0 Å². The largest absolute Gasteiger partial charge is 0.416 e. The third-order valence-corrected chi connectivity index (χ3v) is 7.56. The summed E-state index contributed by atoms with van der Waals surface area (Å²) in [6.45, 7) is 4.47. The second-order valence-corrected chi connectivity index (χ2v) is 9.59. The van der Waals surface area contributed by atoms with Crippen molar-refractivity contribution in [2.24, 2.45) is 17.8 Å². The summed E-state index contributed by atoms with van der Waals surface area (Å²) in [6, 6.07) is 7.17. The minimum Gasteiger partial charge on any atom is -0.195 e. The highest BCUT2D eigenvalue weighted by Gasteiger charge is 2.32. The van der Waals surface area contributed by atoms with Gasteiger partial charge in [0, 0.05) is 0 Å². The predicted molar refractivity (Wildman–Crippen MR) is 124 cm³/mol. The normalized spacial score (nSPS) is 26.8. The van der Waals surface area contributed by atoms with Crippen LogP contribution in [0.4, 0.5) is 17.6 Å². The van der Waals surface area contributed by atoms with E-state index in [4.69, 9.17) is 5.26 Å². The van der Waals surface area contributed by atoms with E-state index in [1.807, 2.05) is 6.08 Å². The molecular weight excluding hydrogens is 426 g/mol. The summed E-state index contributed by atoms with van der Waals surface area (Å²) in [5.74, 6) is 1.38. The molecular formula is C28H33F4N. The molecule has 33 heavy (non-hydrogen) atoms. The quantitative estimate of drug-likeness (QED) is 0.173. The van der Waals surface area contributed by atoms with Crippen molar-refractivity contribution in [2.75, 3.05) is 0 Å². The van der Waals surface area contributed by atoms with E-state index in [9.17, 15) is 17.6 Å². The Balaban J connectivity index is 1.39. The molecule has 0 bridgehead atoms. The molecule has 1 aromatic carbocycles. The Morgan fingerprint density at radius 2 is 1.55 bits per heavy atom. The van der Waals surface area contributed by atoms with Crippen molar-refractivity contribution < 1.29 is 17.6 Å². The lowest BCUT2D eigenvalue weighted by Gasteiger charge is -2.36. The number of rotatable bonds is 7. The summed E-state index contributed by atoms with van der Waals surface area (Å²) in [5.41, 5.74) is 1.83. The maximum atomic E-state index is 12.8. The van der Waals surface area contributed by atoms with Gasteiger partial charge < -0.3 is 0 Å². The summed E-state index contributed by atoms with van der Waals surface area (Å²) in [7, 11) is 0. The zero-order valence-corrected chi connectivity index (χ0v) is 19.1. The molecule has 0 aromatic heterocycles. The summed E-state index contributed by atoms with van der Waals surface area (Å²) < 4.78 is 51.1. The predicted octanol–water partition coefficient (Wildman–Crippen LogP) is 9.06. The summed E-state index contributed by atoms with van der Waals surface area (Å²) in [4.78, 5) is 0. The maximum Gasteiger partial charge on any atom is 0.416 e. The fourth-order valence-electron chi connectivity index (χ4n) is 5.51. The molecule has 178 valence electrons. The third-order valence-electron chi connectivity index (χ3n) is 7.56. The third kappa shape index (κ3) is 7.32. The summed E-state index contributed by atoms with van der Waals surface area (Å²) >= 11 is 0. The molecule has 3 rings (SSSR count). The first-order valence-corrected chi connectivity index (χ1v) is 12.1. The molecule has 0 aliphatic heterocycles. The number of halogens is 4. The van der Waals surface area contributed by atoms with Crippen LogP contribution in [0.15, 0.2) is 60.5 Å². The van der Waals surface area contributed by atoms with Crippen LogP contribution in [0.2, 0.25) is 0 Å². The Morgan fingerprint density at radius 1 is 0.970 bits per heavy atom. The van der Waals surface area contributed by atoms with E-state index in [-0.39, 0.29) is 0 Å². The molecule has 0 N–H and O–H groups in total. The lowest BCUT2D eigenvalue weighted by Crippen LogP contribution is -2.22. The number of allylic oxidation sites excluding steroid dienone is 5. The van der Waals surface area contributed by atoms with Crippen LogP contribution in [-0.4, -0.2) is 0 Å². The molecule has 0 unspecified atom stereocenters. The van der Waals surface area contributed by atoms with Gasteiger partial charge in [-0.25, -0.2) is 0 Å². The van der Waals surface area contributed by atoms with E-state index in [0.29, 0.717) is 23.7 Å². The average molecular weight is 460 g/mol. The second-order valence-electron chi connectivity index (χ2n) is 9.59. The van der Waals surface area contributed by atoms with Crippen LogP contribution < -0.4 is 0 Å². The van der Waals surface area contributed by atoms with Gasteiger partial charge in [-0.1, -0.05) is 36.4 Å². The van der Waals surface area contributed by atoms with Gasteiger partial charge in [0.25, 0.3) is 0 Å². The molecule has 2 aliphatic carbocycles. The molecule has 2 saturated carbocycles. The molecule has 0 heterocycles. The lowest BCUT2D eigenvalue weighted by molar-refractivity contribution is -0.137. The topological polar surface area (TPSA) is 23.8 Å². The van der Waals surface area contributed by atoms with E-state index in [1.54, 1.807) is 18.2 Å². The van der Waals surface area contributed by atoms with Crippen LogP contribution in [0.1, 0.15) is 81.3 Å². The number of hydrogen-bond acceptors (Lipinski definition) is 1. The van der Waals surface area contributed by atoms with Crippen molar-refractivity contribution >= 4 is 0 Å². The Kier molecular flexibility index (Phi) is 8.95. The van der Waals surface area contributed by atoms with Crippen LogP contribution in [0, 0.1) is 29.1 Å². The van der Waals surface area contributed by atoms with Gasteiger partial charge in [-0.05, 0) is 112 Å². The first-order valence-electron chi connectivity index (χ1n) is 12.1. The minimum absolute atomic E-state index is 0.344. The molecule has 0 atom stereocenters. The van der Waals surface area contributed by atoms with Crippen LogP contribution in [0.5, 0.6) is 0 Å². The van der Waals surface area contributed by atoms with Crippen molar-refractivity contribution in [3.8, 4) is 6.07 Å². The van der Waals surface area contributed by atoms with Gasteiger partial charge in [0.15, 0.2) is 5.83 Å². The van der Waals surface area contributed by atoms with Crippen LogP contribution in [-0.2, 0) is 6.18 Å². The van der Waals surface area contributed by atoms with E-state index in [0.717, 1.165) is 44.1 Å². The van der Waals surface area contributed by atoms with Crippen molar-refractivity contribution in [1.82, 2.24) is 0 Å². The maximum absolute atomic E-state index is 12.8. The van der Waals surface area contributed by atoms with Gasteiger partial charge >= 0.3 is 6.18 Å². The number of nitriles is 1. The van der Waals surface area contributed by atoms with Crippen LogP contribution >= 0.6 is 0 Å². The fraction of sp³-hybridized carbons (Fsp3) is 0.536. The van der Waals surface area contributed by atoms with Gasteiger partial charge in [0.1, 0.15) is 6.07 Å². The van der Waals surface area contributed by atoms with Crippen molar-refractivity contribution in [1.29, 1.82) is 5.26 Å². The molecule has 1 aromatic rings. The zero-order chi connectivity index (χ0) is 23.8. The smallest absolute Gasteiger partial charge is 0.195 e. The standard InChI is InChI=1S/C28H33F4N/c1-20(22-9-7-21(8-10-22)5-3-2-4-6-27(29)19-33)23-11-13-24(14-12-23)25-15-17-26(18-16-25)28(30,31)32/h2,4,6,15-18,21-24H,1,3,5,7-14H2. The molecule has 0 spiro atoms.